The van der Waals surface area contributed by atoms with Gasteiger partial charge >= 0.3 is 5.97 Å². The Morgan fingerprint density at radius 1 is 1.11 bits per heavy atom. The predicted molar refractivity (Wildman–Crippen MR) is 67.0 cm³/mol. The molecule has 0 heterocycles. The zero-order chi connectivity index (χ0) is 14.7. The number of sulfone groups is 1. The molecule has 7 nitrogen and oxygen atoms in total. The number of sulfonamides is 1. The molecule has 0 atom stereocenters. The zero-order valence-corrected chi connectivity index (χ0v) is 11.7. The summed E-state index contributed by atoms with van der Waals surface area (Å²) < 4.78 is 48.0. The predicted octanol–water partition coefficient (Wildman–Crippen LogP) is -0.157. The van der Waals surface area contributed by atoms with Gasteiger partial charge in [0.25, 0.3) is 0 Å². The van der Waals surface area contributed by atoms with Crippen molar-refractivity contribution >= 4 is 25.8 Å². The van der Waals surface area contributed by atoms with E-state index in [9.17, 15) is 21.6 Å². The van der Waals surface area contributed by atoms with Crippen LogP contribution in [0.25, 0.3) is 0 Å². The van der Waals surface area contributed by atoms with Crippen LogP contribution in [0.1, 0.15) is 6.42 Å². The molecule has 0 spiro atoms. The molecule has 19 heavy (non-hydrogen) atoms. The molecule has 1 aromatic rings. The summed E-state index contributed by atoms with van der Waals surface area (Å²) in [4.78, 5) is 10.2. The molecule has 0 saturated heterocycles. The smallest absolute Gasteiger partial charge is 0.304 e. The quantitative estimate of drug-likeness (QED) is 0.754. The molecule has 0 fully saturated rings. The number of aliphatic carboxylic acids is 1. The van der Waals surface area contributed by atoms with E-state index in [-0.39, 0.29) is 22.8 Å². The van der Waals surface area contributed by atoms with Crippen LogP contribution < -0.4 is 4.72 Å². The third kappa shape index (κ3) is 4.62. The lowest BCUT2D eigenvalue weighted by Gasteiger charge is -2.06. The highest BCUT2D eigenvalue weighted by Gasteiger charge is 2.15. The van der Waals surface area contributed by atoms with Crippen molar-refractivity contribution in [2.24, 2.45) is 0 Å². The summed E-state index contributed by atoms with van der Waals surface area (Å²) in [5, 5.41) is 8.41. The molecule has 0 aliphatic rings. The summed E-state index contributed by atoms with van der Waals surface area (Å²) in [6.07, 6.45) is 0.683. The molecule has 0 aliphatic heterocycles. The molecule has 1 aromatic carbocycles. The van der Waals surface area contributed by atoms with Gasteiger partial charge in [-0.05, 0) is 24.3 Å². The summed E-state index contributed by atoms with van der Waals surface area (Å²) in [6, 6.07) is 4.67. The van der Waals surface area contributed by atoms with E-state index >= 15 is 0 Å². The van der Waals surface area contributed by atoms with Crippen molar-refractivity contribution in [2.75, 3.05) is 12.8 Å². The van der Waals surface area contributed by atoms with E-state index in [1.807, 2.05) is 0 Å². The van der Waals surface area contributed by atoms with Crippen molar-refractivity contribution in [2.45, 2.75) is 16.2 Å². The Hall–Kier alpha value is -1.45. The van der Waals surface area contributed by atoms with Crippen LogP contribution in [0.4, 0.5) is 0 Å². The SMILES string of the molecule is CS(=O)(=O)c1ccc(S(=O)(=O)NCCC(=O)O)cc1. The van der Waals surface area contributed by atoms with Crippen LogP contribution in [0.15, 0.2) is 34.1 Å². The summed E-state index contributed by atoms with van der Waals surface area (Å²) in [5.74, 6) is -1.12. The van der Waals surface area contributed by atoms with Crippen molar-refractivity contribution < 1.29 is 26.7 Å². The molecular weight excluding hydrogens is 294 g/mol. The van der Waals surface area contributed by atoms with Crippen LogP contribution >= 0.6 is 0 Å². The van der Waals surface area contributed by atoms with Gasteiger partial charge in [0, 0.05) is 12.8 Å². The highest BCUT2D eigenvalue weighted by atomic mass is 32.2. The second-order valence-corrected chi connectivity index (χ2v) is 7.57. The van der Waals surface area contributed by atoms with Crippen molar-refractivity contribution in [3.63, 3.8) is 0 Å². The minimum atomic E-state index is -3.83. The average Bonchev–Trinajstić information content (AvgIpc) is 2.27. The monoisotopic (exact) mass is 307 g/mol. The fourth-order valence-electron chi connectivity index (χ4n) is 1.24. The fourth-order valence-corrected chi connectivity index (χ4v) is 2.90. The number of carboxylic acids is 1. The van der Waals surface area contributed by atoms with Gasteiger partial charge in [-0.2, -0.15) is 0 Å². The summed E-state index contributed by atoms with van der Waals surface area (Å²) >= 11 is 0. The molecule has 106 valence electrons. The van der Waals surface area contributed by atoms with E-state index < -0.39 is 25.8 Å². The van der Waals surface area contributed by atoms with Gasteiger partial charge < -0.3 is 5.11 Å². The second-order valence-electron chi connectivity index (χ2n) is 3.79. The number of hydrogen-bond donors (Lipinski definition) is 2. The van der Waals surface area contributed by atoms with E-state index in [1.165, 1.54) is 12.1 Å². The number of hydrogen-bond acceptors (Lipinski definition) is 5. The summed E-state index contributed by atoms with van der Waals surface area (Å²) in [6.45, 7) is -0.231. The topological polar surface area (TPSA) is 118 Å². The number of rotatable bonds is 6. The number of carbonyl (C=O) groups is 1. The van der Waals surface area contributed by atoms with Crippen molar-refractivity contribution in [1.82, 2.24) is 4.72 Å². The molecule has 9 heteroatoms. The largest absolute Gasteiger partial charge is 0.481 e. The van der Waals surface area contributed by atoms with Crippen LogP contribution in [-0.2, 0) is 24.7 Å². The second kappa shape index (κ2) is 5.68. The Kier molecular flexibility index (Phi) is 4.66. The van der Waals surface area contributed by atoms with Gasteiger partial charge in [0.1, 0.15) is 0 Å². The Balaban J connectivity index is 2.88. The Morgan fingerprint density at radius 3 is 2.00 bits per heavy atom. The average molecular weight is 307 g/mol. The lowest BCUT2D eigenvalue weighted by molar-refractivity contribution is -0.136. The molecule has 0 radical (unpaired) electrons. The van der Waals surface area contributed by atoms with Gasteiger partial charge in [-0.1, -0.05) is 0 Å². The van der Waals surface area contributed by atoms with Gasteiger partial charge in [-0.3, -0.25) is 4.79 Å². The molecular formula is C10H13NO6S2. The molecule has 0 amide bonds. The Bertz CT molecular complexity index is 660. The minimum absolute atomic E-state index is 0.0111. The third-order valence-corrected chi connectivity index (χ3v) is 4.80. The maximum Gasteiger partial charge on any atom is 0.304 e. The fraction of sp³-hybridized carbons (Fsp3) is 0.300. The molecule has 1 rings (SSSR count). The first-order chi connectivity index (χ1) is 8.63. The number of nitrogens with one attached hydrogen (secondary N) is 1. The maximum absolute atomic E-state index is 11.7. The van der Waals surface area contributed by atoms with Crippen molar-refractivity contribution in [3.05, 3.63) is 24.3 Å². The van der Waals surface area contributed by atoms with Crippen LogP contribution in [0.5, 0.6) is 0 Å². The molecule has 0 unspecified atom stereocenters. The summed E-state index contributed by atoms with van der Waals surface area (Å²) in [7, 11) is -7.21. The molecule has 2 N–H and O–H groups in total. The molecule has 0 aromatic heterocycles. The molecule has 0 bridgehead atoms. The summed E-state index contributed by atoms with van der Waals surface area (Å²) in [5.41, 5.74) is 0. The Labute approximate surface area is 111 Å². The third-order valence-electron chi connectivity index (χ3n) is 2.19. The van der Waals surface area contributed by atoms with E-state index in [0.717, 1.165) is 18.4 Å². The van der Waals surface area contributed by atoms with E-state index in [1.54, 1.807) is 0 Å². The van der Waals surface area contributed by atoms with Gasteiger partial charge in [-0.25, -0.2) is 21.6 Å². The van der Waals surface area contributed by atoms with Crippen LogP contribution in [-0.4, -0.2) is 40.7 Å². The lowest BCUT2D eigenvalue weighted by Crippen LogP contribution is -2.26. The minimum Gasteiger partial charge on any atom is -0.481 e. The Morgan fingerprint density at radius 2 is 1.58 bits per heavy atom. The van der Waals surface area contributed by atoms with Gasteiger partial charge in [0.2, 0.25) is 10.0 Å². The standard InChI is InChI=1S/C10H13NO6S2/c1-18(14,15)8-2-4-9(5-3-8)19(16,17)11-7-6-10(12)13/h2-5,11H,6-7H2,1H3,(H,12,13). The molecule has 0 aliphatic carbocycles. The first-order valence-corrected chi connectivity index (χ1v) is 8.52. The highest BCUT2D eigenvalue weighted by Crippen LogP contribution is 2.14. The lowest BCUT2D eigenvalue weighted by atomic mass is 10.4. The van der Waals surface area contributed by atoms with Gasteiger partial charge in [0.15, 0.2) is 9.84 Å². The highest BCUT2D eigenvalue weighted by molar-refractivity contribution is 7.90. The van der Waals surface area contributed by atoms with Crippen molar-refractivity contribution in [1.29, 1.82) is 0 Å². The van der Waals surface area contributed by atoms with Gasteiger partial charge in [-0.15, -0.1) is 0 Å². The number of carboxylic acid groups (broad SMARTS) is 1. The first kappa shape index (κ1) is 15.6. The maximum atomic E-state index is 11.7. The molecule has 0 saturated carbocycles. The first-order valence-electron chi connectivity index (χ1n) is 5.14. The van der Waals surface area contributed by atoms with Gasteiger partial charge in [0.05, 0.1) is 16.2 Å². The van der Waals surface area contributed by atoms with Crippen molar-refractivity contribution in [3.8, 4) is 0 Å². The normalized spacial score (nSPS) is 12.3. The van der Waals surface area contributed by atoms with E-state index in [4.69, 9.17) is 5.11 Å². The van der Waals surface area contributed by atoms with Crippen LogP contribution in [0, 0.1) is 0 Å². The van der Waals surface area contributed by atoms with E-state index in [2.05, 4.69) is 4.72 Å². The zero-order valence-electron chi connectivity index (χ0n) is 10.0. The van der Waals surface area contributed by atoms with Crippen LogP contribution in [0.3, 0.4) is 0 Å². The van der Waals surface area contributed by atoms with E-state index in [0.29, 0.717) is 0 Å². The number of benzene rings is 1. The van der Waals surface area contributed by atoms with Crippen LogP contribution in [0.2, 0.25) is 0 Å².